The van der Waals surface area contributed by atoms with E-state index >= 15 is 0 Å². The van der Waals surface area contributed by atoms with Crippen LogP contribution in [0.4, 0.5) is 0 Å². The van der Waals surface area contributed by atoms with Crippen molar-refractivity contribution in [2.45, 2.75) is 122 Å². The molecule has 9 heteroatoms. The summed E-state index contributed by atoms with van der Waals surface area (Å²) < 4.78 is 5.12. The third-order valence-electron chi connectivity index (χ3n) is 6.05. The van der Waals surface area contributed by atoms with Gasteiger partial charge in [0.05, 0.1) is 6.61 Å². The van der Waals surface area contributed by atoms with E-state index in [1.807, 2.05) is 0 Å². The summed E-state index contributed by atoms with van der Waals surface area (Å²) in [5, 5.41) is 8.79. The van der Waals surface area contributed by atoms with Crippen LogP contribution < -0.4 is 21.7 Å². The Morgan fingerprint density at radius 1 is 0.541 bits per heavy atom. The summed E-state index contributed by atoms with van der Waals surface area (Å²) in [5.74, 6) is 0.0960. The first-order valence-corrected chi connectivity index (χ1v) is 14.6. The highest BCUT2D eigenvalue weighted by Crippen LogP contribution is 2.04. The van der Waals surface area contributed by atoms with Crippen molar-refractivity contribution in [1.29, 1.82) is 0 Å². The highest BCUT2D eigenvalue weighted by Gasteiger charge is 2.05. The van der Waals surface area contributed by atoms with Gasteiger partial charge in [0.2, 0.25) is 17.7 Å². The van der Waals surface area contributed by atoms with Crippen LogP contribution in [0.2, 0.25) is 0 Å². The number of carbonyl (C=O) groups is 4. The van der Waals surface area contributed by atoms with E-state index in [0.717, 1.165) is 89.9 Å². The number of hydrogen-bond acceptors (Lipinski definition) is 6. The minimum absolute atomic E-state index is 0.0609. The Morgan fingerprint density at radius 2 is 0.946 bits per heavy atom. The molecule has 0 radical (unpaired) electrons. The van der Waals surface area contributed by atoms with Crippen molar-refractivity contribution in [3.63, 3.8) is 0 Å². The summed E-state index contributed by atoms with van der Waals surface area (Å²) in [5.41, 5.74) is 5.44. The van der Waals surface area contributed by atoms with E-state index in [0.29, 0.717) is 58.5 Å². The predicted molar refractivity (Wildman–Crippen MR) is 148 cm³/mol. The molecule has 0 spiro atoms. The van der Waals surface area contributed by atoms with Crippen LogP contribution in [-0.4, -0.2) is 56.5 Å². The van der Waals surface area contributed by atoms with Crippen LogP contribution >= 0.6 is 0 Å². The summed E-state index contributed by atoms with van der Waals surface area (Å²) in [7, 11) is 0. The lowest BCUT2D eigenvalue weighted by Gasteiger charge is -2.07. The van der Waals surface area contributed by atoms with Crippen LogP contribution in [0.3, 0.4) is 0 Å². The molecule has 0 bridgehead atoms. The molecule has 216 valence electrons. The molecule has 0 aromatic carbocycles. The Labute approximate surface area is 224 Å². The first-order chi connectivity index (χ1) is 18.0. The molecule has 0 heterocycles. The zero-order valence-corrected chi connectivity index (χ0v) is 23.4. The third-order valence-corrected chi connectivity index (χ3v) is 6.05. The third kappa shape index (κ3) is 26.7. The van der Waals surface area contributed by atoms with Gasteiger partial charge < -0.3 is 26.4 Å². The molecular formula is C28H54N4O5. The van der Waals surface area contributed by atoms with Crippen molar-refractivity contribution in [3.8, 4) is 0 Å². The second-order valence-electron chi connectivity index (χ2n) is 9.66. The van der Waals surface area contributed by atoms with Crippen LogP contribution in [0.15, 0.2) is 0 Å². The van der Waals surface area contributed by atoms with Crippen LogP contribution in [0, 0.1) is 0 Å². The number of esters is 1. The van der Waals surface area contributed by atoms with Crippen molar-refractivity contribution in [2.75, 3.05) is 32.8 Å². The predicted octanol–water partition coefficient (Wildman–Crippen LogP) is 3.88. The maximum Gasteiger partial charge on any atom is 0.305 e. The van der Waals surface area contributed by atoms with E-state index in [2.05, 4.69) is 22.9 Å². The molecule has 0 atom stereocenters. The number of hydrogen-bond donors (Lipinski definition) is 4. The van der Waals surface area contributed by atoms with Crippen LogP contribution in [0.1, 0.15) is 122 Å². The first kappa shape index (κ1) is 34.8. The molecule has 0 aliphatic heterocycles. The van der Waals surface area contributed by atoms with Gasteiger partial charge in [-0.05, 0) is 64.3 Å². The Kier molecular flexibility index (Phi) is 25.3. The molecule has 0 saturated heterocycles. The number of carbonyl (C=O) groups excluding carboxylic acids is 4. The van der Waals surface area contributed by atoms with Gasteiger partial charge in [0, 0.05) is 45.3 Å². The lowest BCUT2D eigenvalue weighted by Crippen LogP contribution is -2.25. The quantitative estimate of drug-likeness (QED) is 0.0996. The minimum atomic E-state index is -0.128. The number of amides is 3. The SMILES string of the molecule is CCCCOC(=O)CCCCCNC(=O)CCCCCNC(=O)CCCCCNC(=O)CCCCCN. The van der Waals surface area contributed by atoms with E-state index in [1.54, 1.807) is 0 Å². The summed E-state index contributed by atoms with van der Waals surface area (Å²) >= 11 is 0. The number of nitrogens with one attached hydrogen (secondary N) is 3. The number of rotatable bonds is 26. The van der Waals surface area contributed by atoms with Gasteiger partial charge in [0.25, 0.3) is 0 Å². The summed E-state index contributed by atoms with van der Waals surface area (Å²) in [6.45, 7) is 5.20. The van der Waals surface area contributed by atoms with Gasteiger partial charge in [-0.3, -0.25) is 19.2 Å². The van der Waals surface area contributed by atoms with Crippen molar-refractivity contribution in [2.24, 2.45) is 5.73 Å². The number of unbranched alkanes of at least 4 members (excludes halogenated alkanes) is 9. The molecule has 0 aromatic heterocycles. The fourth-order valence-corrected chi connectivity index (χ4v) is 3.70. The van der Waals surface area contributed by atoms with Gasteiger partial charge in [-0.15, -0.1) is 0 Å². The van der Waals surface area contributed by atoms with Gasteiger partial charge in [-0.25, -0.2) is 0 Å². The lowest BCUT2D eigenvalue weighted by atomic mass is 10.1. The van der Waals surface area contributed by atoms with Crippen molar-refractivity contribution in [1.82, 2.24) is 16.0 Å². The van der Waals surface area contributed by atoms with Gasteiger partial charge in [-0.1, -0.05) is 39.0 Å². The van der Waals surface area contributed by atoms with Gasteiger partial charge in [-0.2, -0.15) is 0 Å². The zero-order chi connectivity index (χ0) is 27.4. The lowest BCUT2D eigenvalue weighted by molar-refractivity contribution is -0.144. The maximum absolute atomic E-state index is 11.9. The highest BCUT2D eigenvalue weighted by atomic mass is 16.5. The molecule has 3 amide bonds. The van der Waals surface area contributed by atoms with Crippen molar-refractivity contribution < 1.29 is 23.9 Å². The average Bonchev–Trinajstić information content (AvgIpc) is 2.88. The number of nitrogens with two attached hydrogens (primary N) is 1. The molecule has 37 heavy (non-hydrogen) atoms. The molecule has 0 fully saturated rings. The van der Waals surface area contributed by atoms with E-state index in [4.69, 9.17) is 10.5 Å². The Hall–Kier alpha value is -2.16. The first-order valence-electron chi connectivity index (χ1n) is 14.6. The standard InChI is InChI=1S/C28H54N4O5/c1-2-3-24-37-28(36)19-11-7-15-23-32-27(35)18-10-6-14-22-31-26(34)17-9-5-13-21-30-25(33)16-8-4-12-20-29/h2-24,29H2,1H3,(H,30,33)(H,31,34)(H,32,35). The van der Waals surface area contributed by atoms with Crippen LogP contribution in [-0.2, 0) is 23.9 Å². The largest absolute Gasteiger partial charge is 0.466 e. The second kappa shape index (κ2) is 26.9. The molecule has 5 N–H and O–H groups in total. The fourth-order valence-electron chi connectivity index (χ4n) is 3.70. The monoisotopic (exact) mass is 526 g/mol. The van der Waals surface area contributed by atoms with E-state index in [-0.39, 0.29) is 23.7 Å². The Balaban J connectivity index is 3.40. The van der Waals surface area contributed by atoms with Crippen LogP contribution in [0.5, 0.6) is 0 Å². The smallest absolute Gasteiger partial charge is 0.305 e. The minimum Gasteiger partial charge on any atom is -0.466 e. The summed E-state index contributed by atoms with van der Waals surface area (Å²) in [4.78, 5) is 47.0. The molecule has 0 aliphatic carbocycles. The molecule has 0 saturated carbocycles. The fraction of sp³-hybridized carbons (Fsp3) is 0.857. The Bertz CT molecular complexity index is 601. The van der Waals surface area contributed by atoms with Crippen molar-refractivity contribution in [3.05, 3.63) is 0 Å². The van der Waals surface area contributed by atoms with Crippen LogP contribution in [0.25, 0.3) is 0 Å². The topological polar surface area (TPSA) is 140 Å². The maximum atomic E-state index is 11.9. The summed E-state index contributed by atoms with van der Waals surface area (Å²) in [6.07, 6.45) is 14.6. The molecule has 0 rings (SSSR count). The number of ether oxygens (including phenoxy) is 1. The normalized spacial score (nSPS) is 10.6. The zero-order valence-electron chi connectivity index (χ0n) is 23.4. The van der Waals surface area contributed by atoms with Gasteiger partial charge >= 0.3 is 5.97 Å². The second-order valence-corrected chi connectivity index (χ2v) is 9.66. The van der Waals surface area contributed by atoms with Crippen molar-refractivity contribution >= 4 is 23.7 Å². The average molecular weight is 527 g/mol. The Morgan fingerprint density at radius 3 is 1.35 bits per heavy atom. The van der Waals surface area contributed by atoms with Gasteiger partial charge in [0.15, 0.2) is 0 Å². The molecule has 0 aliphatic rings. The molecule has 0 aromatic rings. The van der Waals surface area contributed by atoms with E-state index in [9.17, 15) is 19.2 Å². The van der Waals surface area contributed by atoms with E-state index in [1.165, 1.54) is 0 Å². The molecule has 9 nitrogen and oxygen atoms in total. The highest BCUT2D eigenvalue weighted by molar-refractivity contribution is 5.76. The van der Waals surface area contributed by atoms with Gasteiger partial charge in [0.1, 0.15) is 0 Å². The molecule has 0 unspecified atom stereocenters. The van der Waals surface area contributed by atoms with E-state index < -0.39 is 0 Å². The summed E-state index contributed by atoms with van der Waals surface area (Å²) in [6, 6.07) is 0. The molecular weight excluding hydrogens is 472 g/mol.